The molecule has 0 atom stereocenters. The third-order valence-corrected chi connectivity index (χ3v) is 3.49. The number of carboxylic acid groups (broad SMARTS) is 1. The highest BCUT2D eigenvalue weighted by Crippen LogP contribution is 2.32. The molecule has 0 aliphatic heterocycles. The van der Waals surface area contributed by atoms with Crippen LogP contribution in [0.1, 0.15) is 10.4 Å². The van der Waals surface area contributed by atoms with Crippen LogP contribution >= 0.6 is 15.9 Å². The minimum atomic E-state index is -0.902. The average molecular weight is 391 g/mol. The third kappa shape index (κ3) is 4.05. The van der Waals surface area contributed by atoms with Crippen molar-refractivity contribution in [1.29, 1.82) is 0 Å². The Kier molecular flexibility index (Phi) is 5.43. The molecule has 2 N–H and O–H groups in total. The first-order chi connectivity index (χ1) is 11.4. The van der Waals surface area contributed by atoms with Gasteiger partial charge in [-0.05, 0) is 30.3 Å². The van der Waals surface area contributed by atoms with E-state index in [2.05, 4.69) is 20.9 Å². The van der Waals surface area contributed by atoms with Gasteiger partial charge in [-0.1, -0.05) is 28.1 Å². The van der Waals surface area contributed by atoms with Crippen molar-refractivity contribution in [1.82, 2.24) is 4.98 Å². The van der Waals surface area contributed by atoms with Crippen molar-refractivity contribution in [2.24, 2.45) is 0 Å². The highest BCUT2D eigenvalue weighted by atomic mass is 79.9. The lowest BCUT2D eigenvalue weighted by Gasteiger charge is -1.99. The molecule has 2 aromatic carbocycles. The first-order valence-electron chi connectivity index (χ1n) is 6.60. The standard InChI is InChI=1S/C9H6N2O3.C7H5BrO2/c12-9-7(11(13)14)4-3-6-2-1-5-10-8(6)9;8-6-3-1-2-5(4-6)7(9)10/h1-5,12H;1-4H,(H,9,10). The number of rotatable bonds is 2. The molecule has 0 bridgehead atoms. The Morgan fingerprint density at radius 2 is 1.92 bits per heavy atom. The number of halogens is 1. The Morgan fingerprint density at radius 3 is 2.50 bits per heavy atom. The van der Waals surface area contributed by atoms with E-state index in [1.807, 2.05) is 0 Å². The molecule has 0 radical (unpaired) electrons. The van der Waals surface area contributed by atoms with Crippen molar-refractivity contribution in [3.05, 3.63) is 74.9 Å². The lowest BCUT2D eigenvalue weighted by atomic mass is 10.2. The van der Waals surface area contributed by atoms with E-state index in [-0.39, 0.29) is 17.0 Å². The van der Waals surface area contributed by atoms with Gasteiger partial charge in [0.15, 0.2) is 0 Å². The number of nitro benzene ring substituents is 1. The van der Waals surface area contributed by atoms with Crippen LogP contribution in [0.3, 0.4) is 0 Å². The average Bonchev–Trinajstić information content (AvgIpc) is 2.55. The van der Waals surface area contributed by atoms with E-state index < -0.39 is 10.9 Å². The van der Waals surface area contributed by atoms with Gasteiger partial charge < -0.3 is 10.2 Å². The van der Waals surface area contributed by atoms with E-state index in [1.165, 1.54) is 12.3 Å². The summed E-state index contributed by atoms with van der Waals surface area (Å²) in [5, 5.41) is 29.2. The van der Waals surface area contributed by atoms with Gasteiger partial charge in [0.1, 0.15) is 5.52 Å². The summed E-state index contributed by atoms with van der Waals surface area (Å²) in [6.45, 7) is 0. The van der Waals surface area contributed by atoms with E-state index in [9.17, 15) is 20.0 Å². The second-order valence-corrected chi connectivity index (χ2v) is 5.50. The lowest BCUT2D eigenvalue weighted by Crippen LogP contribution is -1.94. The molecule has 0 saturated heterocycles. The number of phenolic OH excluding ortho intramolecular Hbond substituents is 1. The molecule has 3 rings (SSSR count). The van der Waals surface area contributed by atoms with Crippen LogP contribution in [0.4, 0.5) is 5.69 Å². The van der Waals surface area contributed by atoms with Crippen LogP contribution in [0.15, 0.2) is 59.2 Å². The summed E-state index contributed by atoms with van der Waals surface area (Å²) in [5.74, 6) is -1.28. The molecular formula is C16H11BrN2O5. The number of fused-ring (bicyclic) bond motifs is 1. The molecule has 0 spiro atoms. The number of nitro groups is 1. The zero-order chi connectivity index (χ0) is 17.7. The fourth-order valence-corrected chi connectivity index (χ4v) is 2.29. The molecule has 8 heteroatoms. The number of phenols is 1. The maximum Gasteiger partial charge on any atom is 0.335 e. The van der Waals surface area contributed by atoms with Gasteiger partial charge >= 0.3 is 11.7 Å². The molecule has 0 aliphatic rings. The number of aromatic hydroxyl groups is 1. The number of pyridine rings is 1. The zero-order valence-electron chi connectivity index (χ0n) is 12.1. The van der Waals surface area contributed by atoms with Gasteiger partial charge in [-0.15, -0.1) is 0 Å². The Morgan fingerprint density at radius 1 is 1.17 bits per heavy atom. The first-order valence-corrected chi connectivity index (χ1v) is 7.39. The van der Waals surface area contributed by atoms with Crippen molar-refractivity contribution in [2.75, 3.05) is 0 Å². The molecule has 3 aromatic rings. The van der Waals surface area contributed by atoms with Gasteiger partial charge in [-0.2, -0.15) is 0 Å². The number of carbonyl (C=O) groups is 1. The number of aromatic nitrogens is 1. The maximum atomic E-state index is 10.5. The van der Waals surface area contributed by atoms with E-state index in [1.54, 1.807) is 42.5 Å². The Bertz CT molecular complexity index is 914. The Labute approximate surface area is 144 Å². The second kappa shape index (κ2) is 7.51. The Balaban J connectivity index is 0.000000185. The van der Waals surface area contributed by atoms with E-state index in [4.69, 9.17) is 5.11 Å². The summed E-state index contributed by atoms with van der Waals surface area (Å²) in [5.41, 5.74) is 0.229. The van der Waals surface area contributed by atoms with Gasteiger partial charge in [-0.3, -0.25) is 15.1 Å². The number of hydrogen-bond acceptors (Lipinski definition) is 5. The minimum absolute atomic E-state index is 0.252. The van der Waals surface area contributed by atoms with E-state index in [0.717, 1.165) is 4.47 Å². The van der Waals surface area contributed by atoms with Crippen LogP contribution in [0, 0.1) is 10.1 Å². The molecule has 0 unspecified atom stereocenters. The van der Waals surface area contributed by atoms with Crippen molar-refractivity contribution in [3.63, 3.8) is 0 Å². The Hall–Kier alpha value is -3.00. The fraction of sp³-hybridized carbons (Fsp3) is 0. The summed E-state index contributed by atoms with van der Waals surface area (Å²) in [6, 6.07) is 12.8. The maximum absolute atomic E-state index is 10.5. The van der Waals surface area contributed by atoms with Crippen LogP contribution in [-0.2, 0) is 0 Å². The molecule has 1 heterocycles. The molecule has 0 fully saturated rings. The topological polar surface area (TPSA) is 114 Å². The number of carboxylic acids is 1. The normalized spacial score (nSPS) is 9.88. The summed E-state index contributed by atoms with van der Waals surface area (Å²) < 4.78 is 0.785. The van der Waals surface area contributed by atoms with Gasteiger partial charge in [0.2, 0.25) is 5.75 Å². The molecule has 7 nitrogen and oxygen atoms in total. The van der Waals surface area contributed by atoms with Crippen molar-refractivity contribution in [2.45, 2.75) is 0 Å². The lowest BCUT2D eigenvalue weighted by molar-refractivity contribution is -0.385. The predicted molar refractivity (Wildman–Crippen MR) is 91.2 cm³/mol. The van der Waals surface area contributed by atoms with Gasteiger partial charge in [0, 0.05) is 22.1 Å². The highest BCUT2D eigenvalue weighted by Gasteiger charge is 2.15. The van der Waals surface area contributed by atoms with Gasteiger partial charge in [-0.25, -0.2) is 4.79 Å². The first kappa shape index (κ1) is 17.4. The van der Waals surface area contributed by atoms with Crippen LogP contribution in [0.2, 0.25) is 0 Å². The van der Waals surface area contributed by atoms with Crippen LogP contribution in [0.25, 0.3) is 10.9 Å². The molecule has 0 aliphatic carbocycles. The van der Waals surface area contributed by atoms with Crippen LogP contribution < -0.4 is 0 Å². The zero-order valence-corrected chi connectivity index (χ0v) is 13.7. The van der Waals surface area contributed by atoms with Crippen molar-refractivity contribution >= 4 is 38.5 Å². The smallest absolute Gasteiger partial charge is 0.335 e. The summed E-state index contributed by atoms with van der Waals surface area (Å²) in [4.78, 5) is 24.0. The monoisotopic (exact) mass is 390 g/mol. The molecule has 24 heavy (non-hydrogen) atoms. The SMILES string of the molecule is O=C(O)c1cccc(Br)c1.O=[N+]([O-])c1ccc2cccnc2c1O. The molecule has 0 saturated carbocycles. The number of aromatic carboxylic acids is 1. The van der Waals surface area contributed by atoms with Gasteiger partial charge in [0.05, 0.1) is 10.5 Å². The molecule has 122 valence electrons. The van der Waals surface area contributed by atoms with Crippen LogP contribution in [-0.4, -0.2) is 26.1 Å². The third-order valence-electron chi connectivity index (χ3n) is 2.99. The fourth-order valence-electron chi connectivity index (χ4n) is 1.89. The second-order valence-electron chi connectivity index (χ2n) is 4.58. The molecular weight excluding hydrogens is 380 g/mol. The predicted octanol–water partition coefficient (Wildman–Crippen LogP) is 4.00. The molecule has 1 aromatic heterocycles. The summed E-state index contributed by atoms with van der Waals surface area (Å²) in [6.07, 6.45) is 1.48. The highest BCUT2D eigenvalue weighted by molar-refractivity contribution is 9.10. The number of benzene rings is 2. The number of hydrogen-bond donors (Lipinski definition) is 2. The minimum Gasteiger partial charge on any atom is -0.501 e. The quantitative estimate of drug-likeness (QED) is 0.504. The van der Waals surface area contributed by atoms with Gasteiger partial charge in [0.25, 0.3) is 0 Å². The van der Waals surface area contributed by atoms with Crippen molar-refractivity contribution < 1.29 is 19.9 Å². The van der Waals surface area contributed by atoms with E-state index >= 15 is 0 Å². The van der Waals surface area contributed by atoms with Crippen molar-refractivity contribution in [3.8, 4) is 5.75 Å². The largest absolute Gasteiger partial charge is 0.501 e. The number of nitrogens with zero attached hydrogens (tertiary/aromatic N) is 2. The summed E-state index contributed by atoms with van der Waals surface area (Å²) >= 11 is 3.17. The molecule has 0 amide bonds. The van der Waals surface area contributed by atoms with Crippen LogP contribution in [0.5, 0.6) is 5.75 Å². The van der Waals surface area contributed by atoms with E-state index in [0.29, 0.717) is 10.9 Å². The summed E-state index contributed by atoms with van der Waals surface area (Å²) in [7, 11) is 0.